The van der Waals surface area contributed by atoms with E-state index in [1.165, 1.54) is 14.2 Å². The van der Waals surface area contributed by atoms with Gasteiger partial charge in [-0.25, -0.2) is 9.59 Å². The Morgan fingerprint density at radius 1 is 0.917 bits per heavy atom. The first-order valence-electron chi connectivity index (χ1n) is 7.55. The Bertz CT molecular complexity index is 470. The van der Waals surface area contributed by atoms with Crippen LogP contribution in [0, 0.1) is 11.8 Å². The third-order valence-electron chi connectivity index (χ3n) is 2.61. The molecule has 2 atom stereocenters. The van der Waals surface area contributed by atoms with Crippen molar-refractivity contribution in [3.05, 3.63) is 0 Å². The van der Waals surface area contributed by atoms with E-state index in [1.807, 2.05) is 27.7 Å². The fourth-order valence-corrected chi connectivity index (χ4v) is 2.20. The van der Waals surface area contributed by atoms with Crippen LogP contribution in [0.5, 0.6) is 0 Å². The van der Waals surface area contributed by atoms with E-state index >= 15 is 0 Å². The maximum atomic E-state index is 11.1. The third kappa shape index (κ3) is 14.4. The van der Waals surface area contributed by atoms with Crippen LogP contribution in [0.15, 0.2) is 0 Å². The van der Waals surface area contributed by atoms with Gasteiger partial charge in [-0.05, 0) is 24.7 Å². The summed E-state index contributed by atoms with van der Waals surface area (Å²) in [6.07, 6.45) is -0.296. The van der Waals surface area contributed by atoms with Crippen molar-refractivity contribution in [2.45, 2.75) is 52.7 Å². The van der Waals surface area contributed by atoms with Crippen LogP contribution in [0.1, 0.15) is 40.5 Å². The lowest BCUT2D eigenvalue weighted by molar-refractivity contribution is -0.151. The van der Waals surface area contributed by atoms with Gasteiger partial charge in [-0.2, -0.15) is 8.42 Å². The van der Waals surface area contributed by atoms with Gasteiger partial charge in [0.2, 0.25) is 0 Å². The number of esters is 2. The first-order chi connectivity index (χ1) is 10.8. The molecule has 24 heavy (non-hydrogen) atoms. The summed E-state index contributed by atoms with van der Waals surface area (Å²) in [6.45, 7) is 7.60. The second-order valence-corrected chi connectivity index (χ2v) is 7.71. The van der Waals surface area contributed by atoms with Crippen molar-refractivity contribution in [1.29, 1.82) is 0 Å². The minimum absolute atomic E-state index is 0.154. The Morgan fingerprint density at radius 3 is 1.62 bits per heavy atom. The SMILES string of the molecule is COC(=O)[C@@H](O)CC(C)C.COC(=O)[C@H](CC(C)C)OS(C)(=O)=O. The highest BCUT2D eigenvalue weighted by atomic mass is 32.2. The number of methoxy groups -OCH3 is 2. The van der Waals surface area contributed by atoms with E-state index in [0.717, 1.165) is 6.26 Å². The van der Waals surface area contributed by atoms with Crippen LogP contribution in [-0.2, 0) is 33.4 Å². The van der Waals surface area contributed by atoms with Crippen LogP contribution in [0.2, 0.25) is 0 Å². The molecule has 0 unspecified atom stereocenters. The minimum Gasteiger partial charge on any atom is -0.467 e. The van der Waals surface area contributed by atoms with Gasteiger partial charge in [0, 0.05) is 0 Å². The van der Waals surface area contributed by atoms with Gasteiger partial charge in [0.05, 0.1) is 20.5 Å². The molecule has 0 fully saturated rings. The third-order valence-corrected chi connectivity index (χ3v) is 3.19. The number of rotatable bonds is 8. The highest BCUT2D eigenvalue weighted by molar-refractivity contribution is 7.86. The van der Waals surface area contributed by atoms with Crippen LogP contribution in [0.25, 0.3) is 0 Å². The lowest BCUT2D eigenvalue weighted by atomic mass is 10.1. The number of carbonyl (C=O) groups excluding carboxylic acids is 2. The van der Waals surface area contributed by atoms with E-state index in [4.69, 9.17) is 5.11 Å². The number of aliphatic hydroxyl groups is 1. The van der Waals surface area contributed by atoms with E-state index in [1.54, 1.807) is 0 Å². The number of hydrogen-bond donors (Lipinski definition) is 1. The molecule has 0 aliphatic heterocycles. The minimum atomic E-state index is -3.62. The first-order valence-corrected chi connectivity index (χ1v) is 9.37. The molecule has 0 amide bonds. The smallest absolute Gasteiger partial charge is 0.336 e. The molecule has 0 bridgehead atoms. The van der Waals surface area contributed by atoms with Crippen LogP contribution >= 0.6 is 0 Å². The summed E-state index contributed by atoms with van der Waals surface area (Å²) in [5.74, 6) is -0.743. The molecule has 144 valence electrons. The maximum Gasteiger partial charge on any atom is 0.336 e. The molecule has 0 rings (SSSR count). The molecule has 0 aromatic carbocycles. The molecule has 0 heterocycles. The fraction of sp³-hybridized carbons (Fsp3) is 0.867. The maximum absolute atomic E-state index is 11.1. The molecule has 8 nitrogen and oxygen atoms in total. The number of hydrogen-bond acceptors (Lipinski definition) is 8. The van der Waals surface area contributed by atoms with Gasteiger partial charge in [-0.3, -0.25) is 4.18 Å². The lowest BCUT2D eigenvalue weighted by Crippen LogP contribution is -2.29. The summed E-state index contributed by atoms with van der Waals surface area (Å²) in [5.41, 5.74) is 0. The topological polar surface area (TPSA) is 116 Å². The van der Waals surface area contributed by atoms with Gasteiger partial charge < -0.3 is 14.6 Å². The molecule has 0 aliphatic rings. The standard InChI is InChI=1S/C8H16O5S.C7H14O3/c1-6(2)5-7(8(9)12-3)13-14(4,10)11;1-5(2)4-6(8)7(9)10-3/h6-7H,5H2,1-4H3;5-6,8H,4H2,1-3H3/t7-;6-/m00/s1. The van der Waals surface area contributed by atoms with Gasteiger partial charge in [-0.15, -0.1) is 0 Å². The summed E-state index contributed by atoms with van der Waals surface area (Å²) in [4.78, 5) is 21.7. The van der Waals surface area contributed by atoms with Crippen molar-refractivity contribution in [3.63, 3.8) is 0 Å². The lowest BCUT2D eigenvalue weighted by Gasteiger charge is -2.15. The van der Waals surface area contributed by atoms with Crippen molar-refractivity contribution in [2.75, 3.05) is 20.5 Å². The molecular weight excluding hydrogens is 340 g/mol. The zero-order valence-electron chi connectivity index (χ0n) is 15.4. The predicted octanol–water partition coefficient (Wildman–Crippen LogP) is 1.12. The molecule has 0 aromatic heterocycles. The van der Waals surface area contributed by atoms with E-state index in [-0.39, 0.29) is 5.92 Å². The van der Waals surface area contributed by atoms with Crippen LogP contribution in [0.4, 0.5) is 0 Å². The Morgan fingerprint density at radius 2 is 1.33 bits per heavy atom. The summed E-state index contributed by atoms with van der Waals surface area (Å²) >= 11 is 0. The number of aliphatic hydroxyl groups excluding tert-OH is 1. The quantitative estimate of drug-likeness (QED) is 0.499. The van der Waals surface area contributed by atoms with Gasteiger partial charge in [0.25, 0.3) is 10.1 Å². The number of ether oxygens (including phenoxy) is 2. The highest BCUT2D eigenvalue weighted by Gasteiger charge is 2.25. The average Bonchev–Trinajstić information content (AvgIpc) is 2.42. The van der Waals surface area contributed by atoms with E-state index in [2.05, 4.69) is 13.7 Å². The Labute approximate surface area is 144 Å². The Kier molecular flexibility index (Phi) is 12.7. The molecule has 0 aliphatic carbocycles. The first kappa shape index (κ1) is 25.1. The highest BCUT2D eigenvalue weighted by Crippen LogP contribution is 2.11. The van der Waals surface area contributed by atoms with Crippen molar-refractivity contribution in [2.24, 2.45) is 11.8 Å². The molecule has 0 aromatic rings. The molecule has 0 spiro atoms. The van der Waals surface area contributed by atoms with Crippen molar-refractivity contribution < 1.29 is 36.8 Å². The second kappa shape index (κ2) is 12.2. The predicted molar refractivity (Wildman–Crippen MR) is 88.7 cm³/mol. The molecule has 1 N–H and O–H groups in total. The van der Waals surface area contributed by atoms with Gasteiger partial charge in [0.1, 0.15) is 0 Å². The van der Waals surface area contributed by atoms with Gasteiger partial charge >= 0.3 is 11.9 Å². The van der Waals surface area contributed by atoms with E-state index in [9.17, 15) is 18.0 Å². The Hall–Kier alpha value is -1.19. The molecule has 0 saturated heterocycles. The summed E-state index contributed by atoms with van der Waals surface area (Å²) in [5, 5.41) is 9.01. The zero-order chi connectivity index (χ0) is 19.5. The summed E-state index contributed by atoms with van der Waals surface area (Å²) in [6, 6.07) is 0. The molecule has 0 saturated carbocycles. The van der Waals surface area contributed by atoms with E-state index in [0.29, 0.717) is 18.8 Å². The average molecular weight is 370 g/mol. The van der Waals surface area contributed by atoms with Crippen LogP contribution < -0.4 is 0 Å². The fourth-order valence-electron chi connectivity index (χ4n) is 1.62. The zero-order valence-corrected chi connectivity index (χ0v) is 16.3. The Balaban J connectivity index is 0. The monoisotopic (exact) mass is 370 g/mol. The second-order valence-electron chi connectivity index (χ2n) is 6.11. The van der Waals surface area contributed by atoms with Crippen LogP contribution in [0.3, 0.4) is 0 Å². The molecule has 0 radical (unpaired) electrons. The van der Waals surface area contributed by atoms with Crippen molar-refractivity contribution in [3.8, 4) is 0 Å². The number of carbonyl (C=O) groups is 2. The van der Waals surface area contributed by atoms with Crippen molar-refractivity contribution in [1.82, 2.24) is 0 Å². The molecular formula is C15H30O8S. The molecule has 9 heteroatoms. The van der Waals surface area contributed by atoms with Crippen molar-refractivity contribution >= 4 is 22.1 Å². The normalized spacial score (nSPS) is 13.8. The van der Waals surface area contributed by atoms with Gasteiger partial charge in [-0.1, -0.05) is 27.7 Å². The van der Waals surface area contributed by atoms with E-state index < -0.39 is 34.3 Å². The largest absolute Gasteiger partial charge is 0.467 e. The van der Waals surface area contributed by atoms with Gasteiger partial charge in [0.15, 0.2) is 12.2 Å². The van der Waals surface area contributed by atoms with Crippen LogP contribution in [-0.4, -0.2) is 58.1 Å². The summed E-state index contributed by atoms with van der Waals surface area (Å²) < 4.78 is 35.0. The summed E-state index contributed by atoms with van der Waals surface area (Å²) in [7, 11) is -1.16.